The van der Waals surface area contributed by atoms with E-state index in [9.17, 15) is 0 Å². The second-order valence-corrected chi connectivity index (χ2v) is 7.93. The summed E-state index contributed by atoms with van der Waals surface area (Å²) in [6.07, 6.45) is 4.38. The summed E-state index contributed by atoms with van der Waals surface area (Å²) in [6.45, 7) is 22.1. The van der Waals surface area contributed by atoms with Crippen LogP contribution in [0.3, 0.4) is 0 Å². The molecule has 0 spiro atoms. The lowest BCUT2D eigenvalue weighted by atomic mass is 10.0. The van der Waals surface area contributed by atoms with Gasteiger partial charge in [-0.1, -0.05) is 39.0 Å². The third kappa shape index (κ3) is 9.76. The van der Waals surface area contributed by atoms with Crippen LogP contribution in [0.1, 0.15) is 84.5 Å². The lowest BCUT2D eigenvalue weighted by Gasteiger charge is -2.10. The van der Waals surface area contributed by atoms with E-state index in [1.807, 2.05) is 46.8 Å². The van der Waals surface area contributed by atoms with Crippen molar-refractivity contribution in [2.45, 2.75) is 87.7 Å². The monoisotopic (exact) mass is 424 g/mol. The van der Waals surface area contributed by atoms with Gasteiger partial charge in [-0.2, -0.15) is 5.26 Å². The summed E-state index contributed by atoms with van der Waals surface area (Å²) >= 11 is 0. The minimum Gasteiger partial charge on any atom is -0.393 e. The summed E-state index contributed by atoms with van der Waals surface area (Å²) in [4.78, 5) is 8.53. The van der Waals surface area contributed by atoms with E-state index in [2.05, 4.69) is 49.6 Å². The number of aliphatic imine (C=N–C) groups is 1. The molecule has 2 heterocycles. The average Bonchev–Trinajstić information content (AvgIpc) is 3.02. The first-order valence-electron chi connectivity index (χ1n) is 10.9. The average molecular weight is 425 g/mol. The van der Waals surface area contributed by atoms with Crippen LogP contribution in [0.15, 0.2) is 51.9 Å². The number of nitrogens with one attached hydrogen (secondary N) is 1. The largest absolute Gasteiger partial charge is 0.393 e. The van der Waals surface area contributed by atoms with Crippen molar-refractivity contribution in [2.75, 3.05) is 0 Å². The zero-order valence-corrected chi connectivity index (χ0v) is 20.8. The Hall–Kier alpha value is -2.71. The Balaban J connectivity index is 0.000000484. The highest BCUT2D eigenvalue weighted by atomic mass is 16.3. The van der Waals surface area contributed by atoms with Gasteiger partial charge in [0, 0.05) is 23.2 Å². The second-order valence-electron chi connectivity index (χ2n) is 7.93. The fourth-order valence-corrected chi connectivity index (χ4v) is 2.97. The van der Waals surface area contributed by atoms with Crippen LogP contribution in [0, 0.1) is 25.2 Å². The van der Waals surface area contributed by atoms with E-state index >= 15 is 0 Å². The molecule has 5 nitrogen and oxygen atoms in total. The SMILES string of the molecule is C=C(C)NC1=NC(CC)=C(C)C1=C(C)C.CCC(O)CC.Cc1cnc(C#N)c(C)c1. The van der Waals surface area contributed by atoms with Crippen LogP contribution in [-0.4, -0.2) is 22.0 Å². The summed E-state index contributed by atoms with van der Waals surface area (Å²) in [5.74, 6) is 0.955. The predicted molar refractivity (Wildman–Crippen MR) is 132 cm³/mol. The molecule has 5 heteroatoms. The highest BCUT2D eigenvalue weighted by molar-refractivity contribution is 6.06. The third-order valence-corrected chi connectivity index (χ3v) is 4.72. The van der Waals surface area contributed by atoms with Crippen molar-refractivity contribution >= 4 is 5.84 Å². The number of aromatic nitrogens is 1. The zero-order valence-electron chi connectivity index (χ0n) is 20.8. The minimum atomic E-state index is -0.0648. The number of nitriles is 1. The smallest absolute Gasteiger partial charge is 0.143 e. The number of amidine groups is 1. The fraction of sp³-hybridized carbons (Fsp3) is 0.500. The molecule has 0 fully saturated rings. The number of hydrogen-bond acceptors (Lipinski definition) is 5. The summed E-state index contributed by atoms with van der Waals surface area (Å²) in [7, 11) is 0. The molecule has 31 heavy (non-hydrogen) atoms. The Morgan fingerprint density at radius 3 is 2.10 bits per heavy atom. The van der Waals surface area contributed by atoms with Crippen LogP contribution >= 0.6 is 0 Å². The molecule has 0 radical (unpaired) electrons. The molecule has 0 saturated heterocycles. The number of hydrogen-bond donors (Lipinski definition) is 2. The maximum Gasteiger partial charge on any atom is 0.143 e. The summed E-state index contributed by atoms with van der Waals surface area (Å²) in [5.41, 5.74) is 8.50. The predicted octanol–water partition coefficient (Wildman–Crippen LogP) is 6.28. The normalized spacial score (nSPS) is 12.3. The maximum absolute atomic E-state index is 8.67. The molecule has 1 aromatic rings. The summed E-state index contributed by atoms with van der Waals surface area (Å²) in [6, 6.07) is 3.96. The van der Waals surface area contributed by atoms with Gasteiger partial charge in [-0.3, -0.25) is 0 Å². The van der Waals surface area contributed by atoms with E-state index in [0.29, 0.717) is 5.69 Å². The van der Waals surface area contributed by atoms with Crippen molar-refractivity contribution in [3.8, 4) is 6.07 Å². The van der Waals surface area contributed by atoms with Crippen molar-refractivity contribution in [3.05, 3.63) is 63.8 Å². The van der Waals surface area contributed by atoms with Crippen LogP contribution in [0.5, 0.6) is 0 Å². The standard InChI is InChI=1S/C13H20N2.C8H8N2.C5H12O/c1-7-11-10(6)12(8(2)3)13(15-11)14-9(4)5;1-6-3-7(2)8(4-9)10-5-6;1-3-5(6)4-2/h4,7H2,1-3,5-6H3,(H,14,15);3,5H,1-2H3;5-6H,3-4H2,1-2H3. The van der Waals surface area contributed by atoms with Gasteiger partial charge in [0.15, 0.2) is 0 Å². The highest BCUT2D eigenvalue weighted by Crippen LogP contribution is 2.28. The quantitative estimate of drug-likeness (QED) is 0.596. The Labute approximate surface area is 189 Å². The van der Waals surface area contributed by atoms with E-state index in [-0.39, 0.29) is 6.10 Å². The number of aliphatic hydroxyl groups excluding tert-OH is 1. The van der Waals surface area contributed by atoms with E-state index in [1.165, 1.54) is 22.4 Å². The van der Waals surface area contributed by atoms with Gasteiger partial charge in [0.1, 0.15) is 17.6 Å². The van der Waals surface area contributed by atoms with Gasteiger partial charge in [-0.05, 0) is 77.5 Å². The topological polar surface area (TPSA) is 81.3 Å². The second kappa shape index (κ2) is 14.3. The summed E-state index contributed by atoms with van der Waals surface area (Å²) in [5, 5.41) is 20.4. The molecule has 0 aromatic carbocycles. The molecule has 0 amide bonds. The van der Waals surface area contributed by atoms with E-state index in [0.717, 1.165) is 41.9 Å². The number of nitrogens with zero attached hydrogens (tertiary/aromatic N) is 3. The lowest BCUT2D eigenvalue weighted by Crippen LogP contribution is -2.22. The first-order valence-corrected chi connectivity index (χ1v) is 10.9. The van der Waals surface area contributed by atoms with Crippen molar-refractivity contribution in [3.63, 3.8) is 0 Å². The van der Waals surface area contributed by atoms with Gasteiger partial charge in [0.25, 0.3) is 0 Å². The van der Waals surface area contributed by atoms with E-state index in [4.69, 9.17) is 10.4 Å². The number of aryl methyl sites for hydroxylation is 2. The number of aliphatic hydroxyl groups is 1. The molecule has 170 valence electrons. The van der Waals surface area contributed by atoms with Gasteiger partial charge >= 0.3 is 0 Å². The van der Waals surface area contributed by atoms with Crippen molar-refractivity contribution in [1.82, 2.24) is 10.3 Å². The van der Waals surface area contributed by atoms with Crippen LogP contribution in [-0.2, 0) is 0 Å². The lowest BCUT2D eigenvalue weighted by molar-refractivity contribution is 0.166. The molecular weight excluding hydrogens is 384 g/mol. The Morgan fingerprint density at radius 1 is 1.16 bits per heavy atom. The molecule has 0 saturated carbocycles. The van der Waals surface area contributed by atoms with Crippen molar-refractivity contribution in [2.24, 2.45) is 4.99 Å². The Bertz CT molecular complexity index is 877. The fourth-order valence-electron chi connectivity index (χ4n) is 2.97. The summed E-state index contributed by atoms with van der Waals surface area (Å²) < 4.78 is 0. The minimum absolute atomic E-state index is 0.0648. The third-order valence-electron chi connectivity index (χ3n) is 4.72. The number of rotatable bonds is 4. The molecule has 0 bridgehead atoms. The van der Waals surface area contributed by atoms with Crippen molar-refractivity contribution < 1.29 is 5.11 Å². The van der Waals surface area contributed by atoms with Gasteiger partial charge in [-0.15, -0.1) is 0 Å². The van der Waals surface area contributed by atoms with Gasteiger partial charge in [-0.25, -0.2) is 9.98 Å². The molecular formula is C26H40N4O. The molecule has 1 aliphatic rings. The Kier molecular flexibility index (Phi) is 13.1. The van der Waals surface area contributed by atoms with Crippen LogP contribution in [0.4, 0.5) is 0 Å². The molecule has 1 aromatic heterocycles. The molecule has 2 N–H and O–H groups in total. The zero-order chi connectivity index (χ0) is 24.1. The number of pyridine rings is 1. The molecule has 0 atom stereocenters. The molecule has 2 rings (SSSR count). The van der Waals surface area contributed by atoms with Crippen molar-refractivity contribution in [1.29, 1.82) is 5.26 Å². The Morgan fingerprint density at radius 2 is 1.74 bits per heavy atom. The van der Waals surface area contributed by atoms with Gasteiger partial charge in [0.2, 0.25) is 0 Å². The number of allylic oxidation sites excluding steroid dienone is 3. The van der Waals surface area contributed by atoms with Crippen LogP contribution < -0.4 is 5.32 Å². The van der Waals surface area contributed by atoms with Crippen LogP contribution in [0.25, 0.3) is 0 Å². The molecule has 0 unspecified atom stereocenters. The van der Waals surface area contributed by atoms with Crippen LogP contribution in [0.2, 0.25) is 0 Å². The van der Waals surface area contributed by atoms with Gasteiger partial charge < -0.3 is 10.4 Å². The van der Waals surface area contributed by atoms with E-state index in [1.54, 1.807) is 6.20 Å². The first-order chi connectivity index (χ1) is 14.5. The maximum atomic E-state index is 8.67. The van der Waals surface area contributed by atoms with E-state index < -0.39 is 0 Å². The first kappa shape index (κ1) is 28.3. The highest BCUT2D eigenvalue weighted by Gasteiger charge is 2.20. The van der Waals surface area contributed by atoms with Gasteiger partial charge in [0.05, 0.1) is 6.10 Å². The molecule has 0 aliphatic carbocycles. The molecule has 1 aliphatic heterocycles.